The van der Waals surface area contributed by atoms with Gasteiger partial charge in [0, 0.05) is 17.8 Å². The van der Waals surface area contributed by atoms with Crippen LogP contribution in [0, 0.1) is 34.0 Å². The molecule has 1 N–H and O–H groups in total. The fourth-order valence-electron chi connectivity index (χ4n) is 8.25. The summed E-state index contributed by atoms with van der Waals surface area (Å²) in [5, 5.41) is 11.8. The van der Waals surface area contributed by atoms with Gasteiger partial charge < -0.3 is 14.6 Å². The number of ether oxygens (including phenoxy) is 2. The molecule has 0 heterocycles. The van der Waals surface area contributed by atoms with Gasteiger partial charge in [0.05, 0.1) is 18.8 Å². The lowest BCUT2D eigenvalue weighted by molar-refractivity contribution is -0.228. The summed E-state index contributed by atoms with van der Waals surface area (Å²) in [6, 6.07) is 10.2. The first-order valence-corrected chi connectivity index (χ1v) is 13.2. The normalized spacial score (nSPS) is 43.1. The van der Waals surface area contributed by atoms with E-state index < -0.39 is 6.10 Å². The van der Waals surface area contributed by atoms with E-state index in [4.69, 9.17) is 9.47 Å². The van der Waals surface area contributed by atoms with Crippen molar-refractivity contribution < 1.29 is 19.4 Å². The number of carbonyl (C=O) groups is 1. The van der Waals surface area contributed by atoms with Crippen LogP contribution in [0.25, 0.3) is 0 Å². The molecule has 0 aromatic heterocycles. The van der Waals surface area contributed by atoms with Crippen LogP contribution in [0.5, 0.6) is 0 Å². The first-order valence-electron chi connectivity index (χ1n) is 13.2. The van der Waals surface area contributed by atoms with Crippen molar-refractivity contribution in [3.63, 3.8) is 0 Å². The van der Waals surface area contributed by atoms with Crippen LogP contribution in [0.2, 0.25) is 0 Å². The minimum absolute atomic E-state index is 0.0518. The molecule has 3 aliphatic carbocycles. The fourth-order valence-corrected chi connectivity index (χ4v) is 8.25. The molecule has 0 saturated heterocycles. The number of aliphatic hydroxyl groups excluding tert-OH is 1. The second-order valence-electron chi connectivity index (χ2n) is 11.7. The molecule has 2 bridgehead atoms. The predicted octanol–water partition coefficient (Wildman–Crippen LogP) is 6.15. The third-order valence-corrected chi connectivity index (χ3v) is 10.4. The molecule has 3 saturated carbocycles. The summed E-state index contributed by atoms with van der Waals surface area (Å²) < 4.78 is 12.5. The zero-order chi connectivity index (χ0) is 23.9. The van der Waals surface area contributed by atoms with Gasteiger partial charge in [-0.3, -0.25) is 4.79 Å². The van der Waals surface area contributed by atoms with Gasteiger partial charge in [-0.05, 0) is 60.3 Å². The van der Waals surface area contributed by atoms with Gasteiger partial charge in [0.2, 0.25) is 0 Å². The van der Waals surface area contributed by atoms with Crippen molar-refractivity contribution in [2.24, 2.45) is 34.0 Å². The Kier molecular flexibility index (Phi) is 7.11. The highest BCUT2D eigenvalue weighted by molar-refractivity contribution is 5.85. The van der Waals surface area contributed by atoms with Crippen LogP contribution in [0.3, 0.4) is 0 Å². The lowest BCUT2D eigenvalue weighted by Gasteiger charge is -2.62. The van der Waals surface area contributed by atoms with Crippen LogP contribution in [-0.2, 0) is 20.9 Å². The average Bonchev–Trinajstić information content (AvgIpc) is 3.17. The summed E-state index contributed by atoms with van der Waals surface area (Å²) >= 11 is 0. The molecular formula is C29H44O4. The molecule has 33 heavy (non-hydrogen) atoms. The highest BCUT2D eigenvalue weighted by atomic mass is 16.7. The number of rotatable bonds is 7. The van der Waals surface area contributed by atoms with Crippen LogP contribution in [-0.4, -0.2) is 29.9 Å². The first-order chi connectivity index (χ1) is 15.7. The standard InChI is InChI=1S/C29H44O4/c1-6-22-13-15-29-16-14-23(30)25(29)28(22,5)24(31)17-27(4,7-2)26(20(29)3)33-19-32-18-21-11-9-8-10-12-21/h8-12,20,22,24-26,31H,6-7,13-19H2,1-5H3/t20-,22+,24+,25?,26-,27+,28-,29-/m0/s1. The molecule has 4 nitrogen and oxygen atoms in total. The van der Waals surface area contributed by atoms with Gasteiger partial charge in [0.15, 0.2) is 0 Å². The van der Waals surface area contributed by atoms with Crippen LogP contribution < -0.4 is 0 Å². The molecular weight excluding hydrogens is 412 g/mol. The van der Waals surface area contributed by atoms with Gasteiger partial charge in [0.1, 0.15) is 12.6 Å². The van der Waals surface area contributed by atoms with Crippen LogP contribution in [0.1, 0.15) is 85.1 Å². The van der Waals surface area contributed by atoms with Crippen molar-refractivity contribution in [3.8, 4) is 0 Å². The van der Waals surface area contributed by atoms with Crippen LogP contribution in [0.15, 0.2) is 30.3 Å². The predicted molar refractivity (Wildman–Crippen MR) is 130 cm³/mol. The van der Waals surface area contributed by atoms with Gasteiger partial charge in [-0.25, -0.2) is 0 Å². The monoisotopic (exact) mass is 456 g/mol. The maximum atomic E-state index is 13.4. The second-order valence-corrected chi connectivity index (χ2v) is 11.7. The van der Waals surface area contributed by atoms with Crippen molar-refractivity contribution in [2.45, 2.75) is 98.4 Å². The van der Waals surface area contributed by atoms with E-state index in [2.05, 4.69) is 46.8 Å². The van der Waals surface area contributed by atoms with Crippen LogP contribution >= 0.6 is 0 Å². The van der Waals surface area contributed by atoms with E-state index in [0.717, 1.165) is 37.7 Å². The second kappa shape index (κ2) is 9.43. The van der Waals surface area contributed by atoms with Gasteiger partial charge >= 0.3 is 0 Å². The van der Waals surface area contributed by atoms with Crippen molar-refractivity contribution in [2.75, 3.05) is 6.79 Å². The van der Waals surface area contributed by atoms with Gasteiger partial charge in [-0.15, -0.1) is 0 Å². The third kappa shape index (κ3) is 4.00. The Morgan fingerprint density at radius 3 is 2.52 bits per heavy atom. The summed E-state index contributed by atoms with van der Waals surface area (Å²) in [5.74, 6) is 0.948. The summed E-state index contributed by atoms with van der Waals surface area (Å²) in [6.07, 6.45) is 5.82. The first kappa shape index (κ1) is 24.9. The van der Waals surface area contributed by atoms with E-state index in [0.29, 0.717) is 31.1 Å². The molecule has 4 heteroatoms. The van der Waals surface area contributed by atoms with Gasteiger partial charge in [0.25, 0.3) is 0 Å². The molecule has 1 aromatic rings. The summed E-state index contributed by atoms with van der Waals surface area (Å²) in [6.45, 7) is 12.0. The zero-order valence-electron chi connectivity index (χ0n) is 21.3. The fraction of sp³-hybridized carbons (Fsp3) is 0.759. The maximum absolute atomic E-state index is 13.4. The van der Waals surface area contributed by atoms with Gasteiger partial charge in [-0.1, -0.05) is 71.4 Å². The quantitative estimate of drug-likeness (QED) is 0.395. The zero-order valence-corrected chi connectivity index (χ0v) is 21.3. The molecule has 184 valence electrons. The Labute approximate surface area is 200 Å². The Balaban J connectivity index is 1.63. The molecule has 8 atom stereocenters. The summed E-state index contributed by atoms with van der Waals surface area (Å²) in [4.78, 5) is 13.4. The number of carbonyl (C=O) groups excluding carboxylic acids is 1. The van der Waals surface area contributed by atoms with Crippen LogP contribution in [0.4, 0.5) is 0 Å². The third-order valence-electron chi connectivity index (χ3n) is 10.4. The SMILES string of the molecule is CC[C@@H]1CC[C@@]23CCC(=O)C2[C@]1(C)[C@H](O)C[C@@](C)(CC)[C@@H](OCOCc1ccccc1)[C@@H]3C. The topological polar surface area (TPSA) is 55.8 Å². The highest BCUT2D eigenvalue weighted by Gasteiger charge is 2.68. The smallest absolute Gasteiger partial charge is 0.147 e. The average molecular weight is 457 g/mol. The van der Waals surface area contributed by atoms with Crippen molar-refractivity contribution >= 4 is 5.78 Å². The number of hydrogen-bond acceptors (Lipinski definition) is 4. The largest absolute Gasteiger partial charge is 0.393 e. The number of hydrogen-bond donors (Lipinski definition) is 1. The minimum atomic E-state index is -0.497. The Bertz CT molecular complexity index is 824. The molecule has 0 aliphatic heterocycles. The van der Waals surface area contributed by atoms with E-state index in [9.17, 15) is 9.90 Å². The van der Waals surface area contributed by atoms with E-state index >= 15 is 0 Å². The molecule has 0 amide bonds. The lowest BCUT2D eigenvalue weighted by Crippen LogP contribution is -2.63. The molecule has 3 fully saturated rings. The molecule has 1 unspecified atom stereocenters. The van der Waals surface area contributed by atoms with Crippen molar-refractivity contribution in [1.29, 1.82) is 0 Å². The molecule has 0 spiro atoms. The molecule has 4 rings (SSSR count). The molecule has 0 radical (unpaired) electrons. The van der Waals surface area contributed by atoms with E-state index in [1.807, 2.05) is 18.2 Å². The lowest BCUT2D eigenvalue weighted by atomic mass is 9.43. The highest BCUT2D eigenvalue weighted by Crippen LogP contribution is 2.68. The number of benzene rings is 1. The maximum Gasteiger partial charge on any atom is 0.147 e. The number of ketones is 1. The number of aliphatic hydroxyl groups is 1. The van der Waals surface area contributed by atoms with E-state index in [1.54, 1.807) is 0 Å². The molecule has 1 aromatic carbocycles. The Hall–Kier alpha value is -1.23. The summed E-state index contributed by atoms with van der Waals surface area (Å²) in [7, 11) is 0. The minimum Gasteiger partial charge on any atom is -0.393 e. The van der Waals surface area contributed by atoms with Crippen molar-refractivity contribution in [3.05, 3.63) is 35.9 Å². The summed E-state index contributed by atoms with van der Waals surface area (Å²) in [5.41, 5.74) is 0.531. The van der Waals surface area contributed by atoms with E-state index in [1.165, 1.54) is 0 Å². The molecule has 3 aliphatic rings. The number of Topliss-reactive ketones (excluding diaryl/α,β-unsaturated/α-hetero) is 1. The van der Waals surface area contributed by atoms with Crippen molar-refractivity contribution in [1.82, 2.24) is 0 Å². The van der Waals surface area contributed by atoms with Gasteiger partial charge in [-0.2, -0.15) is 0 Å². The van der Waals surface area contributed by atoms with E-state index in [-0.39, 0.29) is 41.0 Å². The Morgan fingerprint density at radius 1 is 1.12 bits per heavy atom. The Morgan fingerprint density at radius 2 is 1.85 bits per heavy atom.